The van der Waals surface area contributed by atoms with Crippen LogP contribution in [-0.2, 0) is 0 Å². The van der Waals surface area contributed by atoms with Gasteiger partial charge in [-0.2, -0.15) is 0 Å². The van der Waals surface area contributed by atoms with Gasteiger partial charge in [0, 0.05) is 5.56 Å². The van der Waals surface area contributed by atoms with Gasteiger partial charge in [0.25, 0.3) is 0 Å². The minimum Gasteiger partial charge on any atom is -0.497 e. The predicted octanol–water partition coefficient (Wildman–Crippen LogP) is 3.67. The molecule has 1 N–H and O–H groups in total. The molecule has 0 saturated carbocycles. The van der Waals surface area contributed by atoms with Crippen molar-refractivity contribution in [3.63, 3.8) is 0 Å². The van der Waals surface area contributed by atoms with Crippen LogP contribution >= 0.6 is 15.9 Å². The molecule has 1 aliphatic rings. The molecule has 3 nitrogen and oxygen atoms in total. The topological polar surface area (TPSA) is 30.5 Å². The average Bonchev–Trinajstić information content (AvgIpc) is 2.70. The average molecular weight is 314 g/mol. The summed E-state index contributed by atoms with van der Waals surface area (Å²) < 4.78 is 12.4. The number of nitrogens with one attached hydrogen (secondary N) is 1. The molecule has 4 heteroatoms. The molecule has 2 atom stereocenters. The van der Waals surface area contributed by atoms with Gasteiger partial charge < -0.3 is 14.8 Å². The van der Waals surface area contributed by atoms with Crippen molar-refractivity contribution in [3.8, 4) is 11.5 Å². The Morgan fingerprint density at radius 2 is 2.17 bits per heavy atom. The molecule has 2 rings (SSSR count). The number of likely N-dealkylation sites (N-methyl/N-ethyl adjacent to an activating group) is 1. The van der Waals surface area contributed by atoms with Crippen molar-refractivity contribution in [1.29, 1.82) is 0 Å². The minimum absolute atomic E-state index is 0.216. The van der Waals surface area contributed by atoms with Crippen LogP contribution in [0.5, 0.6) is 11.5 Å². The second-order valence-electron chi connectivity index (χ2n) is 4.51. The van der Waals surface area contributed by atoms with Crippen LogP contribution in [0.15, 0.2) is 16.6 Å². The lowest BCUT2D eigenvalue weighted by molar-refractivity contribution is 0.178. The standard InChI is InChI=1S/C14H20BrNO2/c1-4-6-12-13(16-5-2)10-7-9(17-3)8-11(15)14(10)18-12/h7-8,12-13,16H,4-6H2,1-3H3. The maximum Gasteiger partial charge on any atom is 0.139 e. The van der Waals surface area contributed by atoms with Gasteiger partial charge in [-0.05, 0) is 41.0 Å². The van der Waals surface area contributed by atoms with Crippen molar-refractivity contribution in [1.82, 2.24) is 5.32 Å². The third-order valence-electron chi connectivity index (χ3n) is 3.25. The Labute approximate surface area is 117 Å². The van der Waals surface area contributed by atoms with E-state index in [-0.39, 0.29) is 12.1 Å². The third kappa shape index (κ3) is 2.50. The zero-order valence-corrected chi connectivity index (χ0v) is 12.7. The van der Waals surface area contributed by atoms with Crippen molar-refractivity contribution in [3.05, 3.63) is 22.2 Å². The highest BCUT2D eigenvalue weighted by Crippen LogP contribution is 2.45. The van der Waals surface area contributed by atoms with Crippen LogP contribution in [0.3, 0.4) is 0 Å². The molecule has 1 aromatic carbocycles. The van der Waals surface area contributed by atoms with Gasteiger partial charge >= 0.3 is 0 Å². The second-order valence-corrected chi connectivity index (χ2v) is 5.36. The van der Waals surface area contributed by atoms with Crippen molar-refractivity contribution in [2.75, 3.05) is 13.7 Å². The first kappa shape index (κ1) is 13.7. The van der Waals surface area contributed by atoms with Crippen LogP contribution < -0.4 is 14.8 Å². The molecule has 100 valence electrons. The van der Waals surface area contributed by atoms with Gasteiger partial charge in [0.15, 0.2) is 0 Å². The minimum atomic E-state index is 0.216. The number of methoxy groups -OCH3 is 1. The Kier molecular flexibility index (Phi) is 4.51. The molecule has 0 amide bonds. The summed E-state index contributed by atoms with van der Waals surface area (Å²) in [7, 11) is 1.69. The van der Waals surface area contributed by atoms with Gasteiger partial charge in [-0.25, -0.2) is 0 Å². The van der Waals surface area contributed by atoms with Crippen molar-refractivity contribution in [2.24, 2.45) is 0 Å². The Balaban J connectivity index is 2.36. The van der Waals surface area contributed by atoms with E-state index in [2.05, 4.69) is 41.2 Å². The summed E-state index contributed by atoms with van der Waals surface area (Å²) >= 11 is 3.56. The van der Waals surface area contributed by atoms with E-state index in [4.69, 9.17) is 9.47 Å². The summed E-state index contributed by atoms with van der Waals surface area (Å²) in [6.45, 7) is 5.24. The fraction of sp³-hybridized carbons (Fsp3) is 0.571. The zero-order valence-electron chi connectivity index (χ0n) is 11.1. The van der Waals surface area contributed by atoms with Crippen LogP contribution in [0, 0.1) is 0 Å². The van der Waals surface area contributed by atoms with Crippen molar-refractivity contribution < 1.29 is 9.47 Å². The lowest BCUT2D eigenvalue weighted by Crippen LogP contribution is -2.30. The fourth-order valence-electron chi connectivity index (χ4n) is 2.45. The van der Waals surface area contributed by atoms with E-state index in [0.29, 0.717) is 0 Å². The molecule has 1 heterocycles. The molecule has 0 radical (unpaired) electrons. The fourth-order valence-corrected chi connectivity index (χ4v) is 3.00. The lowest BCUT2D eigenvalue weighted by atomic mass is 10.0. The number of rotatable bonds is 5. The van der Waals surface area contributed by atoms with Gasteiger partial charge in [-0.15, -0.1) is 0 Å². The molecule has 0 fully saturated rings. The van der Waals surface area contributed by atoms with Gasteiger partial charge in [-0.3, -0.25) is 0 Å². The largest absolute Gasteiger partial charge is 0.497 e. The van der Waals surface area contributed by atoms with Crippen LogP contribution in [0.2, 0.25) is 0 Å². The molecule has 18 heavy (non-hydrogen) atoms. The van der Waals surface area contributed by atoms with Crippen LogP contribution in [0.25, 0.3) is 0 Å². The van der Waals surface area contributed by atoms with Gasteiger partial charge in [-0.1, -0.05) is 20.3 Å². The number of benzene rings is 1. The predicted molar refractivity (Wildman–Crippen MR) is 76.4 cm³/mol. The summed E-state index contributed by atoms with van der Waals surface area (Å²) in [6.07, 6.45) is 2.39. The van der Waals surface area contributed by atoms with E-state index in [9.17, 15) is 0 Å². The third-order valence-corrected chi connectivity index (χ3v) is 3.84. The van der Waals surface area contributed by atoms with Crippen LogP contribution in [0.4, 0.5) is 0 Å². The van der Waals surface area contributed by atoms with Crippen molar-refractivity contribution >= 4 is 15.9 Å². The Bertz CT molecular complexity index is 423. The highest BCUT2D eigenvalue weighted by Gasteiger charge is 2.35. The number of halogens is 1. The first-order valence-electron chi connectivity index (χ1n) is 6.48. The number of hydrogen-bond donors (Lipinski definition) is 1. The summed E-state index contributed by atoms with van der Waals surface area (Å²) in [5.74, 6) is 1.82. The summed E-state index contributed by atoms with van der Waals surface area (Å²) in [4.78, 5) is 0. The molecular weight excluding hydrogens is 294 g/mol. The highest BCUT2D eigenvalue weighted by molar-refractivity contribution is 9.10. The van der Waals surface area contributed by atoms with Crippen LogP contribution in [-0.4, -0.2) is 19.8 Å². The Hall–Kier alpha value is -0.740. The number of fused-ring (bicyclic) bond motifs is 1. The van der Waals surface area contributed by atoms with E-state index in [1.807, 2.05) is 6.07 Å². The Morgan fingerprint density at radius 1 is 1.39 bits per heavy atom. The molecule has 0 aliphatic carbocycles. The number of hydrogen-bond acceptors (Lipinski definition) is 3. The highest BCUT2D eigenvalue weighted by atomic mass is 79.9. The van der Waals surface area contributed by atoms with E-state index in [1.165, 1.54) is 5.56 Å². The van der Waals surface area contributed by atoms with Gasteiger partial charge in [0.1, 0.15) is 17.6 Å². The lowest BCUT2D eigenvalue weighted by Gasteiger charge is -2.19. The van der Waals surface area contributed by atoms with E-state index >= 15 is 0 Å². The molecule has 2 unspecified atom stereocenters. The summed E-state index contributed by atoms with van der Waals surface area (Å²) in [6, 6.07) is 4.29. The monoisotopic (exact) mass is 313 g/mol. The molecule has 0 saturated heterocycles. The second kappa shape index (κ2) is 5.93. The smallest absolute Gasteiger partial charge is 0.139 e. The van der Waals surface area contributed by atoms with Crippen LogP contribution in [0.1, 0.15) is 38.3 Å². The summed E-state index contributed by atoms with van der Waals surface area (Å²) in [5.41, 5.74) is 1.20. The quantitative estimate of drug-likeness (QED) is 0.899. The normalized spacial score (nSPS) is 21.6. The van der Waals surface area contributed by atoms with E-state index < -0.39 is 0 Å². The number of ether oxygens (including phenoxy) is 2. The first-order valence-corrected chi connectivity index (χ1v) is 7.28. The maximum atomic E-state index is 6.08. The summed E-state index contributed by atoms with van der Waals surface area (Å²) in [5, 5.41) is 3.51. The van der Waals surface area contributed by atoms with E-state index in [0.717, 1.165) is 35.4 Å². The van der Waals surface area contributed by atoms with Crippen molar-refractivity contribution in [2.45, 2.75) is 38.8 Å². The Morgan fingerprint density at radius 3 is 2.78 bits per heavy atom. The van der Waals surface area contributed by atoms with Gasteiger partial charge in [0.2, 0.25) is 0 Å². The molecular formula is C14H20BrNO2. The van der Waals surface area contributed by atoms with E-state index in [1.54, 1.807) is 7.11 Å². The van der Waals surface area contributed by atoms with Gasteiger partial charge in [0.05, 0.1) is 17.6 Å². The first-order chi connectivity index (χ1) is 8.71. The molecule has 0 spiro atoms. The molecule has 1 aromatic rings. The maximum absolute atomic E-state index is 6.08. The molecule has 1 aliphatic heterocycles. The SMILES string of the molecule is CCCC1Oc2c(Br)cc(OC)cc2C1NCC. The molecule has 0 bridgehead atoms. The molecule has 0 aromatic heterocycles. The zero-order chi connectivity index (χ0) is 13.1.